The van der Waals surface area contributed by atoms with Gasteiger partial charge in [0.15, 0.2) is 5.13 Å². The van der Waals surface area contributed by atoms with Crippen LogP contribution in [0.5, 0.6) is 0 Å². The highest BCUT2D eigenvalue weighted by Crippen LogP contribution is 2.21. The summed E-state index contributed by atoms with van der Waals surface area (Å²) in [6.45, 7) is 5.42. The number of hydrogen-bond acceptors (Lipinski definition) is 5. The molecule has 108 valence electrons. The summed E-state index contributed by atoms with van der Waals surface area (Å²) in [7, 11) is 0. The summed E-state index contributed by atoms with van der Waals surface area (Å²) in [5.41, 5.74) is 0.845. The molecule has 1 aromatic rings. The van der Waals surface area contributed by atoms with E-state index in [0.717, 1.165) is 17.0 Å². The van der Waals surface area contributed by atoms with Gasteiger partial charge in [0.25, 0.3) is 0 Å². The van der Waals surface area contributed by atoms with Gasteiger partial charge in [-0.25, -0.2) is 4.98 Å². The van der Waals surface area contributed by atoms with Gasteiger partial charge in [0.2, 0.25) is 6.41 Å². The standard InChI is InChI=1S/C12H16N4O3S/c1-8-9(2)20-12(13-8)14-10(18)11(19)16-5-3-15(7-17)4-6-16/h7H,3-6H2,1-2H3,(H,13,14,18). The number of carbonyl (C=O) groups is 3. The minimum atomic E-state index is -0.682. The molecular weight excluding hydrogens is 280 g/mol. The number of hydrogen-bond donors (Lipinski definition) is 1. The molecule has 7 nitrogen and oxygen atoms in total. The molecule has 0 saturated carbocycles. The summed E-state index contributed by atoms with van der Waals surface area (Å²) in [5, 5.41) is 2.96. The molecule has 1 aliphatic rings. The molecule has 2 rings (SSSR count). The monoisotopic (exact) mass is 296 g/mol. The highest BCUT2D eigenvalue weighted by atomic mass is 32.1. The summed E-state index contributed by atoms with van der Waals surface area (Å²) in [6, 6.07) is 0. The van der Waals surface area contributed by atoms with Crippen molar-refractivity contribution in [2.45, 2.75) is 13.8 Å². The zero-order chi connectivity index (χ0) is 14.7. The van der Waals surface area contributed by atoms with Crippen molar-refractivity contribution < 1.29 is 14.4 Å². The van der Waals surface area contributed by atoms with Crippen LogP contribution in [0.1, 0.15) is 10.6 Å². The highest BCUT2D eigenvalue weighted by molar-refractivity contribution is 7.15. The molecule has 0 aliphatic carbocycles. The number of nitrogens with zero attached hydrogens (tertiary/aromatic N) is 3. The van der Waals surface area contributed by atoms with Crippen molar-refractivity contribution in [3.63, 3.8) is 0 Å². The van der Waals surface area contributed by atoms with Gasteiger partial charge in [0.05, 0.1) is 5.69 Å². The van der Waals surface area contributed by atoms with Crippen molar-refractivity contribution in [3.8, 4) is 0 Å². The lowest BCUT2D eigenvalue weighted by molar-refractivity contribution is -0.144. The van der Waals surface area contributed by atoms with Crippen molar-refractivity contribution in [1.82, 2.24) is 14.8 Å². The van der Waals surface area contributed by atoms with Gasteiger partial charge in [-0.1, -0.05) is 0 Å². The summed E-state index contributed by atoms with van der Waals surface area (Å²) in [4.78, 5) is 42.6. The van der Waals surface area contributed by atoms with Gasteiger partial charge in [-0.05, 0) is 13.8 Å². The second kappa shape index (κ2) is 6.00. The van der Waals surface area contributed by atoms with Gasteiger partial charge < -0.3 is 9.80 Å². The molecule has 0 bridgehead atoms. The maximum absolute atomic E-state index is 12.0. The Kier molecular flexibility index (Phi) is 4.33. The predicted molar refractivity (Wildman–Crippen MR) is 74.4 cm³/mol. The molecule has 1 aromatic heterocycles. The molecule has 1 aliphatic heterocycles. The van der Waals surface area contributed by atoms with Gasteiger partial charge in [-0.2, -0.15) is 0 Å². The van der Waals surface area contributed by atoms with E-state index in [0.29, 0.717) is 31.3 Å². The number of thiazole rings is 1. The average Bonchev–Trinajstić information content (AvgIpc) is 2.76. The smallest absolute Gasteiger partial charge is 0.315 e. The first-order valence-electron chi connectivity index (χ1n) is 6.25. The quantitative estimate of drug-likeness (QED) is 0.615. The second-order valence-corrected chi connectivity index (χ2v) is 5.75. The minimum absolute atomic E-state index is 0.376. The first-order valence-corrected chi connectivity index (χ1v) is 7.06. The maximum Gasteiger partial charge on any atom is 0.315 e. The third-order valence-electron chi connectivity index (χ3n) is 3.19. The molecule has 3 amide bonds. The van der Waals surface area contributed by atoms with E-state index in [1.54, 1.807) is 4.90 Å². The fourth-order valence-corrected chi connectivity index (χ4v) is 2.66. The SMILES string of the molecule is Cc1nc(NC(=O)C(=O)N2CCN(C=O)CC2)sc1C. The normalized spacial score (nSPS) is 15.1. The Balaban J connectivity index is 1.92. The topological polar surface area (TPSA) is 82.6 Å². The predicted octanol–water partition coefficient (Wildman–Crippen LogP) is -0.000960. The highest BCUT2D eigenvalue weighted by Gasteiger charge is 2.26. The van der Waals surface area contributed by atoms with Crippen LogP contribution in [0.25, 0.3) is 0 Å². The van der Waals surface area contributed by atoms with Crippen LogP contribution >= 0.6 is 11.3 Å². The van der Waals surface area contributed by atoms with Crippen molar-refractivity contribution in [3.05, 3.63) is 10.6 Å². The Hall–Kier alpha value is -1.96. The van der Waals surface area contributed by atoms with Crippen molar-refractivity contribution in [1.29, 1.82) is 0 Å². The molecule has 1 fully saturated rings. The molecular formula is C12H16N4O3S. The van der Waals surface area contributed by atoms with E-state index >= 15 is 0 Å². The maximum atomic E-state index is 12.0. The first-order chi connectivity index (χ1) is 9.51. The summed E-state index contributed by atoms with van der Waals surface area (Å²) >= 11 is 1.34. The number of carbonyl (C=O) groups excluding carboxylic acids is 3. The number of anilines is 1. The number of piperazine rings is 1. The zero-order valence-corrected chi connectivity index (χ0v) is 12.2. The van der Waals surface area contributed by atoms with Crippen molar-refractivity contribution >= 4 is 34.7 Å². The molecule has 20 heavy (non-hydrogen) atoms. The molecule has 0 spiro atoms. The number of aryl methyl sites for hydroxylation is 2. The van der Waals surface area contributed by atoms with Crippen LogP contribution in [-0.2, 0) is 14.4 Å². The Labute approximate surface area is 120 Å². The Morgan fingerprint density at radius 2 is 1.90 bits per heavy atom. The van der Waals surface area contributed by atoms with Crippen LogP contribution in [0.4, 0.5) is 5.13 Å². The number of nitrogens with one attached hydrogen (secondary N) is 1. The van der Waals surface area contributed by atoms with E-state index in [-0.39, 0.29) is 0 Å². The molecule has 1 N–H and O–H groups in total. The lowest BCUT2D eigenvalue weighted by Crippen LogP contribution is -2.51. The van der Waals surface area contributed by atoms with Gasteiger partial charge in [0, 0.05) is 31.1 Å². The fourth-order valence-electron chi connectivity index (χ4n) is 1.85. The number of aromatic nitrogens is 1. The van der Waals surface area contributed by atoms with Crippen LogP contribution in [0, 0.1) is 13.8 Å². The first kappa shape index (κ1) is 14.4. The van der Waals surface area contributed by atoms with Crippen LogP contribution in [-0.4, -0.2) is 59.2 Å². The molecule has 2 heterocycles. The minimum Gasteiger partial charge on any atom is -0.342 e. The Morgan fingerprint density at radius 3 is 2.40 bits per heavy atom. The largest absolute Gasteiger partial charge is 0.342 e. The summed E-state index contributed by atoms with van der Waals surface area (Å²) < 4.78 is 0. The van der Waals surface area contributed by atoms with Gasteiger partial charge in [0.1, 0.15) is 0 Å². The van der Waals surface area contributed by atoms with Crippen molar-refractivity contribution in [2.24, 2.45) is 0 Å². The number of rotatable bonds is 2. The van der Waals surface area contributed by atoms with Crippen LogP contribution in [0.15, 0.2) is 0 Å². The van der Waals surface area contributed by atoms with E-state index < -0.39 is 11.8 Å². The third-order valence-corrected chi connectivity index (χ3v) is 4.18. The van der Waals surface area contributed by atoms with Crippen LogP contribution < -0.4 is 5.32 Å². The van der Waals surface area contributed by atoms with E-state index in [4.69, 9.17) is 0 Å². The zero-order valence-electron chi connectivity index (χ0n) is 11.4. The average molecular weight is 296 g/mol. The van der Waals surface area contributed by atoms with Crippen molar-refractivity contribution in [2.75, 3.05) is 31.5 Å². The molecule has 0 atom stereocenters. The van der Waals surface area contributed by atoms with E-state index in [2.05, 4.69) is 10.3 Å². The van der Waals surface area contributed by atoms with E-state index in [9.17, 15) is 14.4 Å². The molecule has 0 radical (unpaired) electrons. The summed E-state index contributed by atoms with van der Waals surface area (Å²) in [5.74, 6) is -1.26. The lowest BCUT2D eigenvalue weighted by Gasteiger charge is -2.31. The molecule has 8 heteroatoms. The third kappa shape index (κ3) is 3.13. The Bertz CT molecular complexity index is 515. The van der Waals surface area contributed by atoms with E-state index in [1.165, 1.54) is 16.2 Å². The van der Waals surface area contributed by atoms with Gasteiger partial charge in [-0.15, -0.1) is 11.3 Å². The van der Waals surface area contributed by atoms with Crippen LogP contribution in [0.3, 0.4) is 0 Å². The number of amides is 3. The van der Waals surface area contributed by atoms with Gasteiger partial charge in [-0.3, -0.25) is 19.7 Å². The molecule has 1 saturated heterocycles. The molecule has 0 aromatic carbocycles. The second-order valence-electron chi connectivity index (χ2n) is 4.55. The molecule has 0 unspecified atom stereocenters. The van der Waals surface area contributed by atoms with E-state index in [1.807, 2.05) is 13.8 Å². The summed E-state index contributed by atoms with van der Waals surface area (Å²) in [6.07, 6.45) is 0.753. The van der Waals surface area contributed by atoms with Gasteiger partial charge >= 0.3 is 11.8 Å². The lowest BCUT2D eigenvalue weighted by atomic mass is 10.3. The Morgan fingerprint density at radius 1 is 1.25 bits per heavy atom. The van der Waals surface area contributed by atoms with Crippen LogP contribution in [0.2, 0.25) is 0 Å². The fraction of sp³-hybridized carbons (Fsp3) is 0.500.